The number of allylic oxidation sites excluding steroid dienone is 2. The second kappa shape index (κ2) is 7.34. The number of hydrogen-bond donors (Lipinski definition) is 5. The van der Waals surface area contributed by atoms with Crippen molar-refractivity contribution in [3.05, 3.63) is 36.5 Å². The highest BCUT2D eigenvalue weighted by molar-refractivity contribution is 6.00. The van der Waals surface area contributed by atoms with Crippen LogP contribution in [0.1, 0.15) is 0 Å². The molecule has 1 aliphatic heterocycles. The van der Waals surface area contributed by atoms with Gasteiger partial charge in [0, 0.05) is 6.08 Å². The zero-order valence-corrected chi connectivity index (χ0v) is 12.4. The second-order valence-electron chi connectivity index (χ2n) is 5.46. The Hall–Kier alpha value is -1.88. The van der Waals surface area contributed by atoms with Crippen LogP contribution in [0.15, 0.2) is 36.5 Å². The van der Waals surface area contributed by atoms with Crippen LogP contribution in [0.3, 0.4) is 0 Å². The molecule has 1 fully saturated rings. The van der Waals surface area contributed by atoms with Crippen molar-refractivity contribution in [2.24, 2.45) is 0 Å². The molecule has 0 bridgehead atoms. The van der Waals surface area contributed by atoms with Gasteiger partial charge in [-0.1, -0.05) is 0 Å². The van der Waals surface area contributed by atoms with E-state index < -0.39 is 48.9 Å². The van der Waals surface area contributed by atoms with E-state index in [0.29, 0.717) is 0 Å². The molecule has 0 aromatic heterocycles. The number of aliphatic hydroxyl groups excluding tert-OH is 4. The normalized spacial score (nSPS) is 35.4. The van der Waals surface area contributed by atoms with Gasteiger partial charge in [-0.25, -0.2) is 4.79 Å². The highest BCUT2D eigenvalue weighted by Gasteiger charge is 2.43. The van der Waals surface area contributed by atoms with Crippen LogP contribution in [0, 0.1) is 0 Å². The Morgan fingerprint density at radius 1 is 1.17 bits per heavy atom. The van der Waals surface area contributed by atoms with Crippen LogP contribution in [0.5, 0.6) is 0 Å². The molecule has 0 aromatic rings. The van der Waals surface area contributed by atoms with Crippen LogP contribution in [-0.2, 0) is 19.1 Å². The predicted molar refractivity (Wildman–Crippen MR) is 77.2 cm³/mol. The summed E-state index contributed by atoms with van der Waals surface area (Å²) in [6.07, 6.45) is -1.13. The molecule has 5 N–H and O–H groups in total. The molecule has 0 radical (unpaired) electrons. The molecule has 0 unspecified atom stereocenters. The molecular weight excluding hydrogens is 324 g/mol. The van der Waals surface area contributed by atoms with E-state index in [1.807, 2.05) is 0 Å². The lowest BCUT2D eigenvalue weighted by Gasteiger charge is -2.37. The maximum atomic E-state index is 11.6. The topological polar surface area (TPSA) is 154 Å². The van der Waals surface area contributed by atoms with E-state index >= 15 is 0 Å². The van der Waals surface area contributed by atoms with Gasteiger partial charge in [-0.2, -0.15) is 0 Å². The zero-order valence-electron chi connectivity index (χ0n) is 12.4. The van der Waals surface area contributed by atoms with Gasteiger partial charge in [0.15, 0.2) is 12.1 Å². The molecular formula is C15H18O9. The van der Waals surface area contributed by atoms with Crippen LogP contribution in [0.4, 0.5) is 0 Å². The van der Waals surface area contributed by atoms with Gasteiger partial charge in [0.2, 0.25) is 0 Å². The van der Waals surface area contributed by atoms with E-state index in [2.05, 4.69) is 0 Å². The molecule has 0 amide bonds. The minimum Gasteiger partial charge on any atom is -0.460 e. The molecule has 1 aliphatic carbocycles. The van der Waals surface area contributed by atoms with Crippen molar-refractivity contribution in [2.45, 2.75) is 36.3 Å². The van der Waals surface area contributed by atoms with Gasteiger partial charge in [-0.15, -0.1) is 0 Å². The number of aliphatic hydroxyl groups is 5. The third-order valence-electron chi connectivity index (χ3n) is 3.59. The third kappa shape index (κ3) is 4.35. The standard InChI is InChI=1S/C15H18O9/c16-8-1-4-15(22,5-2-8)6-3-10(17)23-7-9-11(18)12(19)13(20)14(21)24-9/h1-6,9,11-14,18-22H,7H2/b6-3+/t9-,11-,12+,13-,14-/m1/s1. The molecule has 0 saturated carbocycles. The first-order chi connectivity index (χ1) is 11.2. The number of ether oxygens (including phenoxy) is 2. The highest BCUT2D eigenvalue weighted by atomic mass is 16.6. The minimum absolute atomic E-state index is 0.293. The van der Waals surface area contributed by atoms with Crippen molar-refractivity contribution in [1.29, 1.82) is 0 Å². The second-order valence-corrected chi connectivity index (χ2v) is 5.46. The first-order valence-corrected chi connectivity index (χ1v) is 7.10. The van der Waals surface area contributed by atoms with E-state index in [1.165, 1.54) is 12.2 Å². The van der Waals surface area contributed by atoms with Crippen molar-refractivity contribution in [3.8, 4) is 0 Å². The number of esters is 1. The molecule has 0 spiro atoms. The number of rotatable bonds is 4. The average molecular weight is 342 g/mol. The number of hydrogen-bond acceptors (Lipinski definition) is 9. The SMILES string of the molecule is O=C1C=CC(O)(/C=C/C(=O)OC[C@H]2O[C@@H](O)[C@H](O)[C@@H](O)[C@@H]2O)C=C1. The summed E-state index contributed by atoms with van der Waals surface area (Å²) in [4.78, 5) is 22.6. The Morgan fingerprint density at radius 3 is 2.42 bits per heavy atom. The van der Waals surface area contributed by atoms with Crippen molar-refractivity contribution < 1.29 is 44.6 Å². The van der Waals surface area contributed by atoms with Crippen molar-refractivity contribution in [2.75, 3.05) is 6.61 Å². The Labute approximate surface area is 136 Å². The lowest BCUT2D eigenvalue weighted by molar-refractivity contribution is -0.287. The summed E-state index contributed by atoms with van der Waals surface area (Å²) < 4.78 is 9.64. The molecule has 9 heteroatoms. The smallest absolute Gasteiger partial charge is 0.330 e. The molecule has 24 heavy (non-hydrogen) atoms. The van der Waals surface area contributed by atoms with Gasteiger partial charge in [0.1, 0.15) is 36.6 Å². The van der Waals surface area contributed by atoms with Gasteiger partial charge in [0.05, 0.1) is 0 Å². The fourth-order valence-corrected chi connectivity index (χ4v) is 2.14. The number of carbonyl (C=O) groups is 2. The van der Waals surface area contributed by atoms with E-state index in [4.69, 9.17) is 9.47 Å². The Bertz CT molecular complexity index is 563. The van der Waals surface area contributed by atoms with Crippen LogP contribution in [0.25, 0.3) is 0 Å². The third-order valence-corrected chi connectivity index (χ3v) is 3.59. The van der Waals surface area contributed by atoms with E-state index in [-0.39, 0.29) is 5.78 Å². The first-order valence-electron chi connectivity index (χ1n) is 7.10. The summed E-state index contributed by atoms with van der Waals surface area (Å²) in [6.45, 7) is -0.492. The maximum absolute atomic E-state index is 11.6. The van der Waals surface area contributed by atoms with Gasteiger partial charge >= 0.3 is 5.97 Å². The predicted octanol–water partition coefficient (Wildman–Crippen LogP) is -2.69. The average Bonchev–Trinajstić information content (AvgIpc) is 2.56. The lowest BCUT2D eigenvalue weighted by Crippen LogP contribution is -2.58. The highest BCUT2D eigenvalue weighted by Crippen LogP contribution is 2.20. The Morgan fingerprint density at radius 2 is 1.79 bits per heavy atom. The molecule has 0 aromatic carbocycles. The van der Waals surface area contributed by atoms with Crippen molar-refractivity contribution in [1.82, 2.24) is 0 Å². The Kier molecular flexibility index (Phi) is 5.65. The molecule has 2 aliphatic rings. The van der Waals surface area contributed by atoms with Crippen LogP contribution in [0.2, 0.25) is 0 Å². The van der Waals surface area contributed by atoms with Crippen molar-refractivity contribution in [3.63, 3.8) is 0 Å². The van der Waals surface area contributed by atoms with Crippen LogP contribution >= 0.6 is 0 Å². The van der Waals surface area contributed by atoms with Gasteiger partial charge in [-0.3, -0.25) is 4.79 Å². The van der Waals surface area contributed by atoms with E-state index in [1.54, 1.807) is 0 Å². The summed E-state index contributed by atoms with van der Waals surface area (Å²) in [7, 11) is 0. The quantitative estimate of drug-likeness (QED) is 0.271. The van der Waals surface area contributed by atoms with Gasteiger partial charge in [-0.05, 0) is 30.4 Å². The number of ketones is 1. The zero-order chi connectivity index (χ0) is 17.9. The molecule has 1 heterocycles. The molecule has 132 valence electrons. The lowest BCUT2D eigenvalue weighted by atomic mass is 9.97. The van der Waals surface area contributed by atoms with E-state index in [0.717, 1.165) is 24.3 Å². The summed E-state index contributed by atoms with van der Waals surface area (Å²) in [5.41, 5.74) is -1.59. The number of carbonyl (C=O) groups excluding carboxylic acids is 2. The van der Waals surface area contributed by atoms with Gasteiger partial charge in [0.25, 0.3) is 0 Å². The minimum atomic E-state index is -1.72. The van der Waals surface area contributed by atoms with Crippen LogP contribution in [-0.4, -0.2) is 80.2 Å². The fraction of sp³-hybridized carbons (Fsp3) is 0.467. The molecule has 1 saturated heterocycles. The largest absolute Gasteiger partial charge is 0.460 e. The van der Waals surface area contributed by atoms with Crippen molar-refractivity contribution >= 4 is 11.8 Å². The first kappa shape index (κ1) is 18.5. The summed E-state index contributed by atoms with van der Waals surface area (Å²) in [6, 6.07) is 0. The van der Waals surface area contributed by atoms with Crippen LogP contribution < -0.4 is 0 Å². The Balaban J connectivity index is 1.87. The monoisotopic (exact) mass is 342 g/mol. The summed E-state index contributed by atoms with van der Waals surface area (Å²) >= 11 is 0. The van der Waals surface area contributed by atoms with E-state index in [9.17, 15) is 35.1 Å². The molecule has 9 nitrogen and oxygen atoms in total. The summed E-state index contributed by atoms with van der Waals surface area (Å²) in [5.74, 6) is -1.17. The fourth-order valence-electron chi connectivity index (χ4n) is 2.14. The molecule has 5 atom stereocenters. The molecule has 2 rings (SSSR count). The maximum Gasteiger partial charge on any atom is 0.330 e. The summed E-state index contributed by atoms with van der Waals surface area (Å²) in [5, 5.41) is 47.9. The van der Waals surface area contributed by atoms with Gasteiger partial charge < -0.3 is 35.0 Å².